The zero-order chi connectivity index (χ0) is 10.4. The van der Waals surface area contributed by atoms with Gasteiger partial charge in [-0.1, -0.05) is 11.8 Å². The predicted octanol–water partition coefficient (Wildman–Crippen LogP) is 1.97. The molecular formula is C11H7NO2. The van der Waals surface area contributed by atoms with Gasteiger partial charge in [0.25, 0.3) is 5.69 Å². The maximum absolute atomic E-state index is 10.3. The molecule has 68 valence electrons. The van der Waals surface area contributed by atoms with Gasteiger partial charge >= 0.3 is 0 Å². The molecule has 0 aliphatic rings. The molecule has 0 saturated carbocycles. The van der Waals surface area contributed by atoms with Crippen molar-refractivity contribution in [2.75, 3.05) is 0 Å². The first-order valence-corrected chi connectivity index (χ1v) is 3.91. The summed E-state index contributed by atoms with van der Waals surface area (Å²) in [6.07, 6.45) is 0. The molecule has 0 unspecified atom stereocenters. The maximum Gasteiger partial charge on any atom is 0.269 e. The van der Waals surface area contributed by atoms with Gasteiger partial charge in [-0.15, -0.1) is 0 Å². The van der Waals surface area contributed by atoms with Crippen LogP contribution in [-0.2, 0) is 0 Å². The minimum Gasteiger partial charge on any atom is -0.258 e. The van der Waals surface area contributed by atoms with Crippen LogP contribution in [0.1, 0.15) is 12.5 Å². The van der Waals surface area contributed by atoms with E-state index in [1.165, 1.54) is 12.1 Å². The smallest absolute Gasteiger partial charge is 0.258 e. The van der Waals surface area contributed by atoms with E-state index in [4.69, 9.17) is 0 Å². The van der Waals surface area contributed by atoms with Crippen LogP contribution in [0.15, 0.2) is 24.3 Å². The fourth-order valence-electron chi connectivity index (χ4n) is 0.832. The van der Waals surface area contributed by atoms with E-state index >= 15 is 0 Å². The summed E-state index contributed by atoms with van der Waals surface area (Å²) < 4.78 is 0. The molecule has 0 bridgehead atoms. The Hall–Kier alpha value is -2.26. The Morgan fingerprint density at radius 1 is 1.21 bits per heavy atom. The summed E-state index contributed by atoms with van der Waals surface area (Å²) in [5.74, 6) is 10.6. The number of non-ortho nitro benzene ring substituents is 1. The summed E-state index contributed by atoms with van der Waals surface area (Å²) in [6, 6.07) is 6.04. The Morgan fingerprint density at radius 3 is 2.36 bits per heavy atom. The lowest BCUT2D eigenvalue weighted by Gasteiger charge is -1.90. The SMILES string of the molecule is CC#CC#Cc1ccc([N+](=O)[O-])cc1. The van der Waals surface area contributed by atoms with Crippen LogP contribution in [0.3, 0.4) is 0 Å². The van der Waals surface area contributed by atoms with E-state index in [0.29, 0.717) is 0 Å². The Morgan fingerprint density at radius 2 is 1.86 bits per heavy atom. The number of benzene rings is 1. The highest BCUT2D eigenvalue weighted by atomic mass is 16.6. The molecule has 1 aromatic rings. The summed E-state index contributed by atoms with van der Waals surface area (Å²) in [7, 11) is 0. The normalized spacial score (nSPS) is 7.79. The fraction of sp³-hybridized carbons (Fsp3) is 0.0909. The van der Waals surface area contributed by atoms with Crippen LogP contribution in [0, 0.1) is 33.8 Å². The van der Waals surface area contributed by atoms with E-state index in [-0.39, 0.29) is 5.69 Å². The molecule has 0 aliphatic heterocycles. The van der Waals surface area contributed by atoms with Crippen LogP contribution < -0.4 is 0 Å². The number of nitro benzene ring substituents is 1. The third kappa shape index (κ3) is 2.66. The molecule has 0 saturated heterocycles. The van der Waals surface area contributed by atoms with Crippen molar-refractivity contribution in [1.82, 2.24) is 0 Å². The first kappa shape index (κ1) is 9.83. The van der Waals surface area contributed by atoms with Crippen LogP contribution in [0.4, 0.5) is 5.69 Å². The van der Waals surface area contributed by atoms with E-state index in [9.17, 15) is 10.1 Å². The molecule has 14 heavy (non-hydrogen) atoms. The highest BCUT2D eigenvalue weighted by molar-refractivity contribution is 5.43. The molecule has 0 spiro atoms. The number of nitro groups is 1. The summed E-state index contributed by atoms with van der Waals surface area (Å²) in [6.45, 7) is 1.70. The van der Waals surface area contributed by atoms with Gasteiger partial charge in [0.2, 0.25) is 0 Å². The number of rotatable bonds is 1. The average molecular weight is 185 g/mol. The van der Waals surface area contributed by atoms with E-state index in [0.717, 1.165) is 5.56 Å². The lowest BCUT2D eigenvalue weighted by Crippen LogP contribution is -1.86. The standard InChI is InChI=1S/C11H7NO2/c1-2-3-4-5-10-6-8-11(9-7-10)12(13)14/h6-9H,1H3. The molecule has 0 heterocycles. The monoisotopic (exact) mass is 185 g/mol. The Balaban J connectivity index is 2.89. The molecular weight excluding hydrogens is 178 g/mol. The fourth-order valence-corrected chi connectivity index (χ4v) is 0.832. The van der Waals surface area contributed by atoms with Gasteiger partial charge in [-0.25, -0.2) is 0 Å². The lowest BCUT2D eigenvalue weighted by molar-refractivity contribution is -0.384. The van der Waals surface area contributed by atoms with Crippen LogP contribution in [0.5, 0.6) is 0 Å². The van der Waals surface area contributed by atoms with Crippen molar-refractivity contribution < 1.29 is 4.92 Å². The van der Waals surface area contributed by atoms with Crippen molar-refractivity contribution in [3.63, 3.8) is 0 Å². The third-order valence-electron chi connectivity index (χ3n) is 1.47. The first-order chi connectivity index (χ1) is 6.74. The van der Waals surface area contributed by atoms with E-state index in [1.807, 2.05) is 0 Å². The summed E-state index contributed by atoms with van der Waals surface area (Å²) in [5, 5.41) is 10.3. The number of hydrogen-bond donors (Lipinski definition) is 0. The molecule has 3 nitrogen and oxygen atoms in total. The molecule has 0 radical (unpaired) electrons. The van der Waals surface area contributed by atoms with Gasteiger partial charge in [0.1, 0.15) is 0 Å². The molecule has 1 rings (SSSR count). The van der Waals surface area contributed by atoms with Crippen molar-refractivity contribution >= 4 is 5.69 Å². The number of hydrogen-bond acceptors (Lipinski definition) is 2. The zero-order valence-corrected chi connectivity index (χ0v) is 7.57. The predicted molar refractivity (Wildman–Crippen MR) is 53.4 cm³/mol. The van der Waals surface area contributed by atoms with Gasteiger partial charge in [-0.3, -0.25) is 10.1 Å². The third-order valence-corrected chi connectivity index (χ3v) is 1.47. The highest BCUT2D eigenvalue weighted by Crippen LogP contribution is 2.10. The molecule has 0 N–H and O–H groups in total. The minimum absolute atomic E-state index is 0.0668. The van der Waals surface area contributed by atoms with Gasteiger partial charge in [0, 0.05) is 17.7 Å². The molecule has 1 aromatic carbocycles. The van der Waals surface area contributed by atoms with E-state index < -0.39 is 4.92 Å². The van der Waals surface area contributed by atoms with Crippen molar-refractivity contribution in [1.29, 1.82) is 0 Å². The van der Waals surface area contributed by atoms with E-state index in [1.54, 1.807) is 19.1 Å². The Bertz CT molecular complexity index is 452. The Labute approximate surface area is 81.9 Å². The maximum atomic E-state index is 10.3. The lowest BCUT2D eigenvalue weighted by atomic mass is 10.2. The molecule has 0 aliphatic carbocycles. The van der Waals surface area contributed by atoms with Crippen LogP contribution in [0.25, 0.3) is 0 Å². The zero-order valence-electron chi connectivity index (χ0n) is 7.57. The van der Waals surface area contributed by atoms with Gasteiger partial charge in [0.05, 0.1) is 4.92 Å². The van der Waals surface area contributed by atoms with Crippen molar-refractivity contribution in [3.05, 3.63) is 39.9 Å². The Kier molecular flexibility index (Phi) is 3.29. The quantitative estimate of drug-likeness (QED) is 0.381. The van der Waals surface area contributed by atoms with Crippen molar-refractivity contribution in [3.8, 4) is 23.7 Å². The second-order valence-corrected chi connectivity index (χ2v) is 2.43. The molecule has 0 aromatic heterocycles. The molecule has 3 heteroatoms. The molecule has 0 fully saturated rings. The highest BCUT2D eigenvalue weighted by Gasteiger charge is 2.01. The van der Waals surface area contributed by atoms with Gasteiger partial charge in [-0.2, -0.15) is 0 Å². The molecule has 0 atom stereocenters. The van der Waals surface area contributed by atoms with Crippen LogP contribution in [0.2, 0.25) is 0 Å². The summed E-state index contributed by atoms with van der Waals surface area (Å²) in [5.41, 5.74) is 0.787. The number of nitrogens with zero attached hydrogens (tertiary/aromatic N) is 1. The van der Waals surface area contributed by atoms with Crippen molar-refractivity contribution in [2.45, 2.75) is 6.92 Å². The van der Waals surface area contributed by atoms with E-state index in [2.05, 4.69) is 23.7 Å². The summed E-state index contributed by atoms with van der Waals surface area (Å²) in [4.78, 5) is 9.88. The molecule has 0 amide bonds. The second-order valence-electron chi connectivity index (χ2n) is 2.43. The van der Waals surface area contributed by atoms with Crippen molar-refractivity contribution in [2.24, 2.45) is 0 Å². The van der Waals surface area contributed by atoms with Gasteiger partial charge in [-0.05, 0) is 30.9 Å². The minimum atomic E-state index is -0.441. The van der Waals surface area contributed by atoms with Crippen LogP contribution >= 0.6 is 0 Å². The van der Waals surface area contributed by atoms with Crippen LogP contribution in [-0.4, -0.2) is 4.92 Å². The topological polar surface area (TPSA) is 43.1 Å². The largest absolute Gasteiger partial charge is 0.269 e. The second kappa shape index (κ2) is 4.69. The summed E-state index contributed by atoms with van der Waals surface area (Å²) >= 11 is 0. The van der Waals surface area contributed by atoms with Gasteiger partial charge < -0.3 is 0 Å². The first-order valence-electron chi connectivity index (χ1n) is 3.91. The van der Waals surface area contributed by atoms with Gasteiger partial charge in [0.15, 0.2) is 0 Å². The average Bonchev–Trinajstić information content (AvgIpc) is 2.19.